The van der Waals surface area contributed by atoms with Crippen molar-refractivity contribution in [3.05, 3.63) is 53.5 Å². The Morgan fingerprint density at radius 2 is 2.21 bits per heavy atom. The Kier molecular flexibility index (Phi) is 7.06. The molecule has 2 N–H and O–H groups in total. The molecule has 12 heteroatoms. The first-order valence-corrected chi connectivity index (χ1v) is 11.1. The Morgan fingerprint density at radius 1 is 1.41 bits per heavy atom. The SMILES string of the molecule is C=C(CCn1cc(N2CCC(OC(F)(F)F)C2)cn1)NC(=O)[C@@H]1C[C@@H](O)c2cc(Cl)ccc2O1. The van der Waals surface area contributed by atoms with Gasteiger partial charge in [-0.1, -0.05) is 18.2 Å². The Morgan fingerprint density at radius 3 is 2.97 bits per heavy atom. The van der Waals surface area contributed by atoms with Gasteiger partial charge in [-0.25, -0.2) is 0 Å². The zero-order chi connectivity index (χ0) is 24.5. The highest BCUT2D eigenvalue weighted by Gasteiger charge is 2.37. The van der Waals surface area contributed by atoms with Gasteiger partial charge in [0.05, 0.1) is 24.1 Å². The van der Waals surface area contributed by atoms with Gasteiger partial charge in [0, 0.05) is 55.0 Å². The van der Waals surface area contributed by atoms with Crippen LogP contribution in [0, 0.1) is 0 Å². The number of halogens is 4. The molecule has 1 amide bonds. The second-order valence-electron chi connectivity index (χ2n) is 8.26. The van der Waals surface area contributed by atoms with Crippen LogP contribution in [0.25, 0.3) is 0 Å². The number of rotatable bonds is 7. The summed E-state index contributed by atoms with van der Waals surface area (Å²) in [6.07, 6.45) is -3.23. The summed E-state index contributed by atoms with van der Waals surface area (Å²) in [5.74, 6) is -0.0126. The summed E-state index contributed by atoms with van der Waals surface area (Å²) in [5.41, 5.74) is 1.69. The minimum atomic E-state index is -4.65. The minimum absolute atomic E-state index is 0.0872. The summed E-state index contributed by atoms with van der Waals surface area (Å²) >= 11 is 5.95. The molecule has 184 valence electrons. The maximum Gasteiger partial charge on any atom is 0.522 e. The van der Waals surface area contributed by atoms with Gasteiger partial charge in [0.1, 0.15) is 5.75 Å². The first-order valence-electron chi connectivity index (χ1n) is 10.7. The number of ether oxygens (including phenoxy) is 2. The number of hydrogen-bond donors (Lipinski definition) is 2. The molecule has 0 radical (unpaired) electrons. The van der Waals surface area contributed by atoms with Crippen molar-refractivity contribution in [2.45, 2.75) is 50.5 Å². The minimum Gasteiger partial charge on any atom is -0.480 e. The molecule has 1 fully saturated rings. The molecular weight excluding hydrogens is 477 g/mol. The van der Waals surface area contributed by atoms with Crippen molar-refractivity contribution in [3.8, 4) is 5.75 Å². The van der Waals surface area contributed by atoms with Crippen LogP contribution >= 0.6 is 11.6 Å². The van der Waals surface area contributed by atoms with Gasteiger partial charge in [0.15, 0.2) is 6.10 Å². The normalized spacial score (nSPS) is 22.3. The van der Waals surface area contributed by atoms with Crippen molar-refractivity contribution in [1.29, 1.82) is 0 Å². The van der Waals surface area contributed by atoms with Gasteiger partial charge in [0.2, 0.25) is 0 Å². The number of carbonyl (C=O) groups excluding carboxylic acids is 1. The number of allylic oxidation sites excluding steroid dienone is 1. The highest BCUT2D eigenvalue weighted by molar-refractivity contribution is 6.30. The van der Waals surface area contributed by atoms with Gasteiger partial charge in [-0.3, -0.25) is 14.2 Å². The molecular formula is C22H24ClF3N4O4. The molecule has 3 atom stereocenters. The molecule has 4 rings (SSSR count). The lowest BCUT2D eigenvalue weighted by atomic mass is 9.98. The molecule has 0 saturated carbocycles. The van der Waals surface area contributed by atoms with Crippen molar-refractivity contribution >= 4 is 23.2 Å². The van der Waals surface area contributed by atoms with Crippen LogP contribution < -0.4 is 15.0 Å². The summed E-state index contributed by atoms with van der Waals surface area (Å²) in [7, 11) is 0. The molecule has 8 nitrogen and oxygen atoms in total. The van der Waals surface area contributed by atoms with E-state index >= 15 is 0 Å². The van der Waals surface area contributed by atoms with E-state index in [1.807, 2.05) is 0 Å². The third-order valence-corrected chi connectivity index (χ3v) is 5.94. The van der Waals surface area contributed by atoms with Gasteiger partial charge in [-0.05, 0) is 24.6 Å². The molecule has 1 aromatic carbocycles. The predicted molar refractivity (Wildman–Crippen MR) is 117 cm³/mol. The highest BCUT2D eigenvalue weighted by atomic mass is 35.5. The maximum absolute atomic E-state index is 12.6. The van der Waals surface area contributed by atoms with Crippen LogP contribution in [-0.4, -0.2) is 52.5 Å². The van der Waals surface area contributed by atoms with Gasteiger partial charge in [-0.15, -0.1) is 13.2 Å². The third kappa shape index (κ3) is 6.02. The lowest BCUT2D eigenvalue weighted by Crippen LogP contribution is -2.41. The van der Waals surface area contributed by atoms with Gasteiger partial charge in [-0.2, -0.15) is 5.10 Å². The lowest BCUT2D eigenvalue weighted by Gasteiger charge is -2.29. The van der Waals surface area contributed by atoms with Crippen LogP contribution in [0.4, 0.5) is 18.9 Å². The van der Waals surface area contributed by atoms with E-state index in [4.69, 9.17) is 16.3 Å². The van der Waals surface area contributed by atoms with Crippen molar-refractivity contribution < 1.29 is 32.5 Å². The largest absolute Gasteiger partial charge is 0.522 e. The number of nitrogens with one attached hydrogen (secondary N) is 1. The summed E-state index contributed by atoms with van der Waals surface area (Å²) < 4.78 is 48.7. The van der Waals surface area contributed by atoms with Crippen LogP contribution in [0.5, 0.6) is 5.75 Å². The fourth-order valence-corrected chi connectivity index (χ4v) is 4.21. The maximum atomic E-state index is 12.6. The number of aliphatic hydroxyl groups excluding tert-OH is 1. The summed E-state index contributed by atoms with van der Waals surface area (Å²) in [6, 6.07) is 4.84. The van der Waals surface area contributed by atoms with Crippen molar-refractivity contribution in [3.63, 3.8) is 0 Å². The Balaban J connectivity index is 1.24. The lowest BCUT2D eigenvalue weighted by molar-refractivity contribution is -0.339. The van der Waals surface area contributed by atoms with E-state index in [0.29, 0.717) is 47.2 Å². The van der Waals surface area contributed by atoms with Crippen molar-refractivity contribution in [2.75, 3.05) is 18.0 Å². The van der Waals surface area contributed by atoms with E-state index in [1.165, 1.54) is 0 Å². The third-order valence-electron chi connectivity index (χ3n) is 5.70. The monoisotopic (exact) mass is 500 g/mol. The molecule has 2 aliphatic heterocycles. The highest BCUT2D eigenvalue weighted by Crippen LogP contribution is 2.36. The molecule has 34 heavy (non-hydrogen) atoms. The molecule has 1 saturated heterocycles. The Bertz CT molecular complexity index is 1060. The first-order chi connectivity index (χ1) is 16.1. The number of benzene rings is 1. The number of carbonyl (C=O) groups is 1. The number of nitrogens with zero attached hydrogens (tertiary/aromatic N) is 3. The number of aromatic nitrogens is 2. The van der Waals surface area contributed by atoms with E-state index < -0.39 is 30.6 Å². The number of anilines is 1. The standard InChI is InChI=1S/C22H24ClF3N4O4/c1-13(28-21(32)20-9-18(31)17-8-14(23)2-3-19(17)33-20)4-7-30-11-15(10-27-30)29-6-5-16(12-29)34-22(24,25)26/h2-3,8,10-11,16,18,20,31H,1,4-7,9,12H2,(H,28,32)/t16?,18-,20+/m1/s1. The van der Waals surface area contributed by atoms with Gasteiger partial charge in [0.25, 0.3) is 5.91 Å². The summed E-state index contributed by atoms with van der Waals surface area (Å²) in [4.78, 5) is 14.4. The van der Waals surface area contributed by atoms with Crippen LogP contribution in [0.3, 0.4) is 0 Å². The number of aliphatic hydroxyl groups is 1. The topological polar surface area (TPSA) is 88.9 Å². The zero-order valence-corrected chi connectivity index (χ0v) is 18.8. The summed E-state index contributed by atoms with van der Waals surface area (Å²) in [5, 5.41) is 17.7. The fourth-order valence-electron chi connectivity index (χ4n) is 4.03. The second-order valence-corrected chi connectivity index (χ2v) is 8.70. The van der Waals surface area contributed by atoms with Gasteiger partial charge >= 0.3 is 6.36 Å². The first kappa shape index (κ1) is 24.4. The Hall–Kier alpha value is -2.76. The molecule has 2 aliphatic rings. The molecule has 3 heterocycles. The van der Waals surface area contributed by atoms with Crippen LogP contribution in [-0.2, 0) is 16.1 Å². The zero-order valence-electron chi connectivity index (χ0n) is 18.1. The van der Waals surface area contributed by atoms with Gasteiger partial charge < -0.3 is 20.1 Å². The average molecular weight is 501 g/mol. The van der Waals surface area contributed by atoms with Crippen molar-refractivity contribution in [1.82, 2.24) is 15.1 Å². The smallest absolute Gasteiger partial charge is 0.480 e. The van der Waals surface area contributed by atoms with E-state index in [9.17, 15) is 23.1 Å². The second kappa shape index (κ2) is 9.85. The molecule has 2 aromatic rings. The Labute approximate surface area is 198 Å². The molecule has 1 unspecified atom stereocenters. The number of amides is 1. The molecule has 0 spiro atoms. The van der Waals surface area contributed by atoms with E-state index in [0.717, 1.165) is 0 Å². The van der Waals surface area contributed by atoms with Crippen LogP contribution in [0.15, 0.2) is 42.9 Å². The summed E-state index contributed by atoms with van der Waals surface area (Å²) in [6.45, 7) is 4.85. The number of hydrogen-bond acceptors (Lipinski definition) is 6. The van der Waals surface area contributed by atoms with Crippen molar-refractivity contribution in [2.24, 2.45) is 0 Å². The van der Waals surface area contributed by atoms with E-state index in [-0.39, 0.29) is 19.4 Å². The van der Waals surface area contributed by atoms with E-state index in [1.54, 1.807) is 40.2 Å². The number of alkyl halides is 3. The quantitative estimate of drug-likeness (QED) is 0.604. The predicted octanol–water partition coefficient (Wildman–Crippen LogP) is 3.56. The molecule has 0 aliphatic carbocycles. The fraction of sp³-hybridized carbons (Fsp3) is 0.455. The number of fused-ring (bicyclic) bond motifs is 1. The van der Waals surface area contributed by atoms with Crippen LogP contribution in [0.2, 0.25) is 5.02 Å². The van der Waals surface area contributed by atoms with E-state index in [2.05, 4.69) is 21.7 Å². The molecule has 1 aromatic heterocycles. The van der Waals surface area contributed by atoms with Crippen LogP contribution in [0.1, 0.15) is 30.9 Å². The molecule has 0 bridgehead atoms. The average Bonchev–Trinajstić information content (AvgIpc) is 3.41. The number of aryl methyl sites for hydroxylation is 1.